The Hall–Kier alpha value is -1.16. The normalized spacial score (nSPS) is 15.3. The van der Waals surface area contributed by atoms with Crippen molar-refractivity contribution < 1.29 is 23.9 Å². The lowest BCUT2D eigenvalue weighted by atomic mass is 10.1. The second-order valence-corrected chi connectivity index (χ2v) is 6.96. The highest BCUT2D eigenvalue weighted by molar-refractivity contribution is 7.52. The van der Waals surface area contributed by atoms with Crippen molar-refractivity contribution in [2.45, 2.75) is 45.1 Å². The molecule has 0 fully saturated rings. The maximum Gasteiger partial charge on any atom is 0.333 e. The molecule has 6 heteroatoms. The smallest absolute Gasteiger partial charge is 0.333 e. The Balaban J connectivity index is 2.44. The minimum atomic E-state index is -3.86. The zero-order chi connectivity index (χ0) is 15.7. The molecule has 5 nitrogen and oxygen atoms in total. The minimum Gasteiger partial charge on any atom is -0.479 e. The van der Waals surface area contributed by atoms with Crippen molar-refractivity contribution in [3.63, 3.8) is 0 Å². The van der Waals surface area contributed by atoms with Crippen LogP contribution in [-0.2, 0) is 20.3 Å². The summed E-state index contributed by atoms with van der Waals surface area (Å²) >= 11 is 0. The van der Waals surface area contributed by atoms with Gasteiger partial charge in [0.1, 0.15) is 0 Å². The van der Waals surface area contributed by atoms with E-state index >= 15 is 0 Å². The van der Waals surface area contributed by atoms with Crippen LogP contribution >= 0.6 is 7.60 Å². The van der Waals surface area contributed by atoms with E-state index in [2.05, 4.69) is 0 Å². The van der Waals surface area contributed by atoms with E-state index in [9.17, 15) is 14.3 Å². The molecule has 0 aliphatic carbocycles. The van der Waals surface area contributed by atoms with Gasteiger partial charge in [-0.1, -0.05) is 50.1 Å². The molecule has 2 atom stereocenters. The van der Waals surface area contributed by atoms with E-state index in [1.807, 2.05) is 37.3 Å². The Morgan fingerprint density at radius 2 is 1.95 bits per heavy atom. The van der Waals surface area contributed by atoms with Crippen molar-refractivity contribution in [1.82, 2.24) is 0 Å². The number of carboxylic acid groups (broad SMARTS) is 1. The minimum absolute atomic E-state index is 0.0300. The van der Waals surface area contributed by atoms with Gasteiger partial charge < -0.3 is 10.00 Å². The monoisotopic (exact) mass is 314 g/mol. The molecule has 0 aliphatic heterocycles. The highest BCUT2D eigenvalue weighted by Crippen LogP contribution is 2.44. The summed E-state index contributed by atoms with van der Waals surface area (Å²) in [6.07, 6.45) is 1.65. The lowest BCUT2D eigenvalue weighted by Crippen LogP contribution is -2.23. The number of unbranched alkanes of at least 4 members (excludes halogenated alkanes) is 1. The summed E-state index contributed by atoms with van der Waals surface area (Å²) in [4.78, 5) is 20.8. The third-order valence-corrected chi connectivity index (χ3v) is 4.60. The fourth-order valence-corrected chi connectivity index (χ4v) is 3.25. The largest absolute Gasteiger partial charge is 0.479 e. The Morgan fingerprint density at radius 1 is 1.29 bits per heavy atom. The van der Waals surface area contributed by atoms with Crippen LogP contribution < -0.4 is 0 Å². The molecule has 1 aromatic carbocycles. The number of benzene rings is 1. The van der Waals surface area contributed by atoms with Crippen LogP contribution in [0, 0.1) is 0 Å². The molecule has 1 unspecified atom stereocenters. The van der Waals surface area contributed by atoms with Gasteiger partial charge in [0.25, 0.3) is 0 Å². The summed E-state index contributed by atoms with van der Waals surface area (Å²) in [7, 11) is -3.86. The van der Waals surface area contributed by atoms with E-state index in [1.165, 1.54) is 0 Å². The lowest BCUT2D eigenvalue weighted by molar-refractivity contribution is -0.145. The summed E-state index contributed by atoms with van der Waals surface area (Å²) in [6.45, 7) is 1.93. The van der Waals surface area contributed by atoms with Crippen LogP contribution in [0.3, 0.4) is 0 Å². The number of aliphatic carboxylic acids is 1. The van der Waals surface area contributed by atoms with Gasteiger partial charge in [-0.05, 0) is 24.8 Å². The zero-order valence-electron chi connectivity index (χ0n) is 12.3. The zero-order valence-corrected chi connectivity index (χ0v) is 13.2. The van der Waals surface area contributed by atoms with Crippen LogP contribution in [0.25, 0.3) is 0 Å². The van der Waals surface area contributed by atoms with E-state index in [0.717, 1.165) is 12.0 Å². The van der Waals surface area contributed by atoms with Crippen LogP contribution in [0.15, 0.2) is 30.3 Å². The van der Waals surface area contributed by atoms with E-state index in [1.54, 1.807) is 0 Å². The predicted octanol–water partition coefficient (Wildman–Crippen LogP) is 3.46. The molecule has 0 amide bonds. The quantitative estimate of drug-likeness (QED) is 0.646. The summed E-state index contributed by atoms with van der Waals surface area (Å²) in [6, 6.07) is 9.63. The van der Waals surface area contributed by atoms with E-state index in [4.69, 9.17) is 9.63 Å². The number of carboxylic acids is 1. The predicted molar refractivity (Wildman–Crippen MR) is 81.5 cm³/mol. The molecule has 0 saturated heterocycles. The second-order valence-electron chi connectivity index (χ2n) is 5.02. The number of carbonyl (C=O) groups is 1. The van der Waals surface area contributed by atoms with Crippen LogP contribution in [0.4, 0.5) is 0 Å². The molecule has 118 valence electrons. The molecule has 0 bridgehead atoms. The molecule has 0 heterocycles. The molecule has 0 aliphatic rings. The fourth-order valence-electron chi connectivity index (χ4n) is 1.99. The van der Waals surface area contributed by atoms with Gasteiger partial charge in [-0.25, -0.2) is 4.79 Å². The Morgan fingerprint density at radius 3 is 2.52 bits per heavy atom. The molecular weight excluding hydrogens is 291 g/mol. The Labute approximate surface area is 125 Å². The maximum atomic E-state index is 12.0. The first-order valence-electron chi connectivity index (χ1n) is 7.21. The van der Waals surface area contributed by atoms with Crippen LogP contribution in [0.5, 0.6) is 0 Å². The Bertz CT molecular complexity index is 474. The van der Waals surface area contributed by atoms with E-state index in [0.29, 0.717) is 19.3 Å². The van der Waals surface area contributed by atoms with Gasteiger partial charge in [-0.3, -0.25) is 9.09 Å². The van der Waals surface area contributed by atoms with Crippen molar-refractivity contribution in [3.05, 3.63) is 35.9 Å². The highest BCUT2D eigenvalue weighted by Gasteiger charge is 2.28. The molecule has 0 spiro atoms. The average molecular weight is 314 g/mol. The van der Waals surface area contributed by atoms with Crippen molar-refractivity contribution in [2.24, 2.45) is 0 Å². The second kappa shape index (κ2) is 8.98. The molecule has 0 radical (unpaired) electrons. The van der Waals surface area contributed by atoms with Gasteiger partial charge in [0, 0.05) is 0 Å². The first kappa shape index (κ1) is 17.9. The highest BCUT2D eigenvalue weighted by atomic mass is 31.2. The molecule has 1 rings (SSSR count). The first-order chi connectivity index (χ1) is 9.94. The molecule has 0 aromatic heterocycles. The van der Waals surface area contributed by atoms with Gasteiger partial charge in [-0.15, -0.1) is 0 Å². The van der Waals surface area contributed by atoms with Gasteiger partial charge in [0.15, 0.2) is 6.10 Å². The molecule has 2 N–H and O–H groups in total. The third kappa shape index (κ3) is 7.42. The van der Waals surface area contributed by atoms with Crippen LogP contribution in [0.2, 0.25) is 0 Å². The molecule has 21 heavy (non-hydrogen) atoms. The van der Waals surface area contributed by atoms with Crippen molar-refractivity contribution >= 4 is 13.6 Å². The summed E-state index contributed by atoms with van der Waals surface area (Å²) in [5, 5.41) is 9.01. The lowest BCUT2D eigenvalue weighted by Gasteiger charge is -2.18. The third-order valence-electron chi connectivity index (χ3n) is 3.14. The van der Waals surface area contributed by atoms with Gasteiger partial charge in [0.2, 0.25) is 0 Å². The van der Waals surface area contributed by atoms with Crippen LogP contribution in [-0.4, -0.2) is 28.2 Å². The summed E-state index contributed by atoms with van der Waals surface area (Å²) < 4.78 is 16.9. The summed E-state index contributed by atoms with van der Waals surface area (Å²) in [5.41, 5.74) is 1.08. The maximum absolute atomic E-state index is 12.0. The van der Waals surface area contributed by atoms with E-state index in [-0.39, 0.29) is 12.6 Å². The number of hydrogen-bond acceptors (Lipinski definition) is 3. The fraction of sp³-hybridized carbons (Fsp3) is 0.533. The molecule has 0 saturated carbocycles. The number of hydrogen-bond donors (Lipinski definition) is 2. The van der Waals surface area contributed by atoms with Crippen LogP contribution in [0.1, 0.15) is 38.2 Å². The first-order valence-corrected chi connectivity index (χ1v) is 8.98. The Kier molecular flexibility index (Phi) is 7.65. The van der Waals surface area contributed by atoms with E-state index < -0.39 is 19.7 Å². The topological polar surface area (TPSA) is 83.8 Å². The van der Waals surface area contributed by atoms with Crippen molar-refractivity contribution in [3.8, 4) is 0 Å². The standard InChI is InChI=1S/C15H23O5P/c1-2-3-11-14(15(16)17)20-21(18,19)12-7-10-13-8-5-4-6-9-13/h4-6,8-9,14H,2-3,7,10-12H2,1H3,(H,16,17)(H,18,19)/t14-/m0/s1. The number of aryl methyl sites for hydroxylation is 1. The van der Waals surface area contributed by atoms with Gasteiger partial charge in [-0.2, -0.15) is 0 Å². The average Bonchev–Trinajstić information content (AvgIpc) is 2.44. The van der Waals surface area contributed by atoms with Gasteiger partial charge >= 0.3 is 13.6 Å². The molecular formula is C15H23O5P. The number of rotatable bonds is 10. The SMILES string of the molecule is CCCC[C@H](OP(=O)(O)CCCc1ccccc1)C(=O)O. The van der Waals surface area contributed by atoms with Crippen molar-refractivity contribution in [2.75, 3.05) is 6.16 Å². The van der Waals surface area contributed by atoms with Crippen molar-refractivity contribution in [1.29, 1.82) is 0 Å². The van der Waals surface area contributed by atoms with Gasteiger partial charge in [0.05, 0.1) is 6.16 Å². The molecule has 1 aromatic rings. The summed E-state index contributed by atoms with van der Waals surface area (Å²) in [5.74, 6) is -1.18.